The van der Waals surface area contributed by atoms with Gasteiger partial charge in [0.1, 0.15) is 5.54 Å². The average Bonchev–Trinajstić information content (AvgIpc) is 3.00. The van der Waals surface area contributed by atoms with Crippen LogP contribution in [-0.2, 0) is 30.8 Å². The van der Waals surface area contributed by atoms with Crippen LogP contribution in [0.3, 0.4) is 0 Å². The zero-order valence-electron chi connectivity index (χ0n) is 20.5. The molecule has 1 unspecified atom stereocenters. The molecule has 0 spiro atoms. The summed E-state index contributed by atoms with van der Waals surface area (Å²) in [5.41, 5.74) is 0.122. The SMILES string of the molecule is COC(=O)CCc1ccc(S(=O)(=O)N2CCC(CN3C(=N)NC(C)(CC(C)C)C3=O)CC2)cc1. The standard InChI is InChI=1S/C24H36N4O5S/c1-17(2)15-24(3)22(30)28(23(25)26-24)16-19-11-13-27(14-12-19)34(31,32)20-8-5-18(6-9-20)7-10-21(29)33-4/h5-6,8-9,17,19H,7,10-16H2,1-4H3,(H2,25,26). The van der Waals surface area contributed by atoms with Gasteiger partial charge in [0.25, 0.3) is 5.91 Å². The zero-order chi connectivity index (χ0) is 25.1. The van der Waals surface area contributed by atoms with Crippen LogP contribution in [0.1, 0.15) is 52.0 Å². The predicted octanol–water partition coefficient (Wildman–Crippen LogP) is 2.36. The van der Waals surface area contributed by atoms with Gasteiger partial charge < -0.3 is 10.1 Å². The number of methoxy groups -OCH3 is 1. The molecular formula is C24H36N4O5S. The van der Waals surface area contributed by atoms with Crippen LogP contribution in [0.2, 0.25) is 0 Å². The number of carbonyl (C=O) groups is 2. The molecule has 2 saturated heterocycles. The zero-order valence-corrected chi connectivity index (χ0v) is 21.3. The lowest BCUT2D eigenvalue weighted by Crippen LogP contribution is -2.46. The lowest BCUT2D eigenvalue weighted by Gasteiger charge is -2.33. The van der Waals surface area contributed by atoms with E-state index >= 15 is 0 Å². The number of hydrogen-bond acceptors (Lipinski definition) is 6. The van der Waals surface area contributed by atoms with Gasteiger partial charge in [-0.15, -0.1) is 0 Å². The number of esters is 1. The maximum Gasteiger partial charge on any atom is 0.305 e. The molecule has 10 heteroatoms. The third-order valence-corrected chi connectivity index (χ3v) is 8.53. The highest BCUT2D eigenvalue weighted by atomic mass is 32.2. The number of sulfonamides is 1. The minimum atomic E-state index is -3.61. The van der Waals surface area contributed by atoms with E-state index in [1.165, 1.54) is 16.3 Å². The molecule has 0 aliphatic carbocycles. The highest BCUT2D eigenvalue weighted by molar-refractivity contribution is 7.89. The topological polar surface area (TPSA) is 120 Å². The van der Waals surface area contributed by atoms with E-state index < -0.39 is 15.6 Å². The maximum atomic E-state index is 13.1. The molecular weight excluding hydrogens is 456 g/mol. The van der Waals surface area contributed by atoms with Gasteiger partial charge >= 0.3 is 5.97 Å². The number of piperidine rings is 1. The van der Waals surface area contributed by atoms with Crippen LogP contribution >= 0.6 is 0 Å². The number of nitrogens with one attached hydrogen (secondary N) is 2. The summed E-state index contributed by atoms with van der Waals surface area (Å²) in [6.45, 7) is 7.14. The number of guanidine groups is 1. The highest BCUT2D eigenvalue weighted by Gasteiger charge is 2.46. The Bertz CT molecular complexity index is 1020. The van der Waals surface area contributed by atoms with Crippen LogP contribution in [0.25, 0.3) is 0 Å². The highest BCUT2D eigenvalue weighted by Crippen LogP contribution is 2.29. The molecule has 1 aromatic rings. The molecule has 0 aromatic heterocycles. The van der Waals surface area contributed by atoms with Crippen molar-refractivity contribution in [1.82, 2.24) is 14.5 Å². The Kier molecular flexibility index (Phi) is 8.02. The van der Waals surface area contributed by atoms with Gasteiger partial charge in [0.15, 0.2) is 5.96 Å². The first-order valence-electron chi connectivity index (χ1n) is 11.8. The second kappa shape index (κ2) is 10.4. The Morgan fingerprint density at radius 3 is 2.41 bits per heavy atom. The van der Waals surface area contributed by atoms with Gasteiger partial charge in [-0.05, 0) is 62.1 Å². The van der Waals surface area contributed by atoms with Crippen molar-refractivity contribution in [3.63, 3.8) is 0 Å². The first kappa shape index (κ1) is 26.2. The monoisotopic (exact) mass is 492 g/mol. The Morgan fingerprint density at radius 1 is 1.24 bits per heavy atom. The number of aryl methyl sites for hydroxylation is 1. The van der Waals surface area contributed by atoms with Crippen molar-refractivity contribution in [3.05, 3.63) is 29.8 Å². The molecule has 2 N–H and O–H groups in total. The molecule has 2 fully saturated rings. The number of benzene rings is 1. The quantitative estimate of drug-likeness (QED) is 0.511. The van der Waals surface area contributed by atoms with Crippen LogP contribution < -0.4 is 5.32 Å². The van der Waals surface area contributed by atoms with E-state index in [0.717, 1.165) is 5.56 Å². The van der Waals surface area contributed by atoms with Gasteiger partial charge in [-0.1, -0.05) is 26.0 Å². The molecule has 2 aliphatic heterocycles. The molecule has 0 saturated carbocycles. The maximum absolute atomic E-state index is 13.1. The van der Waals surface area contributed by atoms with Crippen molar-refractivity contribution < 1.29 is 22.7 Å². The molecule has 0 radical (unpaired) electrons. The summed E-state index contributed by atoms with van der Waals surface area (Å²) < 4.78 is 32.3. The van der Waals surface area contributed by atoms with Crippen molar-refractivity contribution in [2.45, 2.75) is 63.3 Å². The number of amides is 1. The van der Waals surface area contributed by atoms with Crippen molar-refractivity contribution in [2.24, 2.45) is 11.8 Å². The Labute approximate surface area is 202 Å². The van der Waals surface area contributed by atoms with Crippen molar-refractivity contribution in [3.8, 4) is 0 Å². The first-order chi connectivity index (χ1) is 16.0. The first-order valence-corrected chi connectivity index (χ1v) is 13.2. The number of hydrogen-bond donors (Lipinski definition) is 2. The second-order valence-electron chi connectivity index (χ2n) is 9.89. The molecule has 188 valence electrons. The van der Waals surface area contributed by atoms with E-state index in [0.29, 0.717) is 51.2 Å². The largest absolute Gasteiger partial charge is 0.469 e. The smallest absolute Gasteiger partial charge is 0.305 e. The third-order valence-electron chi connectivity index (χ3n) is 6.62. The normalized spacial score (nSPS) is 22.3. The van der Waals surface area contributed by atoms with E-state index in [4.69, 9.17) is 5.41 Å². The molecule has 3 rings (SSSR count). The molecule has 2 heterocycles. The fourth-order valence-corrected chi connectivity index (χ4v) is 6.30. The van der Waals surface area contributed by atoms with Gasteiger partial charge in [0.05, 0.1) is 12.0 Å². The predicted molar refractivity (Wildman–Crippen MR) is 129 cm³/mol. The molecule has 1 amide bonds. The number of nitrogens with zero attached hydrogens (tertiary/aromatic N) is 2. The van der Waals surface area contributed by atoms with Crippen molar-refractivity contribution >= 4 is 27.9 Å². The fourth-order valence-electron chi connectivity index (χ4n) is 4.83. The average molecular weight is 493 g/mol. The number of carbonyl (C=O) groups excluding carboxylic acids is 2. The summed E-state index contributed by atoms with van der Waals surface area (Å²) in [5.74, 6) is 0.221. The molecule has 2 aliphatic rings. The summed E-state index contributed by atoms with van der Waals surface area (Å²) in [6, 6.07) is 6.63. The second-order valence-corrected chi connectivity index (χ2v) is 11.8. The summed E-state index contributed by atoms with van der Waals surface area (Å²) in [4.78, 5) is 26.0. The van der Waals surface area contributed by atoms with E-state index in [2.05, 4.69) is 23.9 Å². The summed E-state index contributed by atoms with van der Waals surface area (Å²) >= 11 is 0. The molecule has 0 bridgehead atoms. The van der Waals surface area contributed by atoms with Crippen LogP contribution in [0.15, 0.2) is 29.2 Å². The minimum Gasteiger partial charge on any atom is -0.469 e. The van der Waals surface area contributed by atoms with Gasteiger partial charge in [-0.25, -0.2) is 8.42 Å². The van der Waals surface area contributed by atoms with Crippen LogP contribution in [0.4, 0.5) is 0 Å². The van der Waals surface area contributed by atoms with E-state index in [1.54, 1.807) is 24.3 Å². The third kappa shape index (κ3) is 5.78. The molecule has 1 atom stereocenters. The summed E-state index contributed by atoms with van der Waals surface area (Å²) in [5, 5.41) is 11.3. The van der Waals surface area contributed by atoms with Gasteiger partial charge in [0, 0.05) is 26.1 Å². The Morgan fingerprint density at radius 2 is 1.85 bits per heavy atom. The van der Waals surface area contributed by atoms with Gasteiger partial charge in [-0.2, -0.15) is 4.31 Å². The lowest BCUT2D eigenvalue weighted by atomic mass is 9.90. The summed E-state index contributed by atoms with van der Waals surface area (Å²) in [6.07, 6.45) is 2.67. The van der Waals surface area contributed by atoms with Gasteiger partial charge in [-0.3, -0.25) is 19.9 Å². The Hall–Kier alpha value is -2.46. The van der Waals surface area contributed by atoms with Gasteiger partial charge in [0.2, 0.25) is 10.0 Å². The molecule has 9 nitrogen and oxygen atoms in total. The van der Waals surface area contributed by atoms with Crippen molar-refractivity contribution in [2.75, 3.05) is 26.7 Å². The van der Waals surface area contributed by atoms with E-state index in [1.807, 2.05) is 6.92 Å². The van der Waals surface area contributed by atoms with E-state index in [9.17, 15) is 18.0 Å². The van der Waals surface area contributed by atoms with Crippen LogP contribution in [-0.4, -0.2) is 67.7 Å². The lowest BCUT2D eigenvalue weighted by molar-refractivity contribution is -0.140. The molecule has 1 aromatic carbocycles. The summed E-state index contributed by atoms with van der Waals surface area (Å²) in [7, 11) is -2.27. The van der Waals surface area contributed by atoms with Crippen LogP contribution in [0.5, 0.6) is 0 Å². The number of rotatable bonds is 9. The fraction of sp³-hybridized carbons (Fsp3) is 0.625. The molecule has 34 heavy (non-hydrogen) atoms. The van der Waals surface area contributed by atoms with Crippen LogP contribution in [0, 0.1) is 17.2 Å². The minimum absolute atomic E-state index is 0.0754. The van der Waals surface area contributed by atoms with Crippen molar-refractivity contribution in [1.29, 1.82) is 5.41 Å². The number of ether oxygens (including phenoxy) is 1. The Balaban J connectivity index is 1.56. The van der Waals surface area contributed by atoms with E-state index in [-0.39, 0.29) is 35.1 Å².